The molecule has 1 unspecified atom stereocenters. The van der Waals surface area contributed by atoms with Gasteiger partial charge in [0.25, 0.3) is 0 Å². The van der Waals surface area contributed by atoms with E-state index in [9.17, 15) is 13.2 Å². The fraction of sp³-hybridized carbons (Fsp3) is 0.538. The number of nitrogens with two attached hydrogens (primary N) is 1. The minimum absolute atomic E-state index is 0.0250. The molecule has 0 heterocycles. The molecule has 0 amide bonds. The van der Waals surface area contributed by atoms with E-state index in [1.807, 2.05) is 6.92 Å². The van der Waals surface area contributed by atoms with Crippen LogP contribution in [-0.4, -0.2) is 19.1 Å². The summed E-state index contributed by atoms with van der Waals surface area (Å²) >= 11 is 0. The summed E-state index contributed by atoms with van der Waals surface area (Å²) in [4.78, 5) is 0. The molecule has 3 N–H and O–H groups in total. The highest BCUT2D eigenvalue weighted by atomic mass is 19.4. The predicted molar refractivity (Wildman–Crippen MR) is 66.3 cm³/mol. The summed E-state index contributed by atoms with van der Waals surface area (Å²) in [5.74, 6) is 0. The number of rotatable bonds is 6. The summed E-state index contributed by atoms with van der Waals surface area (Å²) in [6.07, 6.45) is -3.15. The topological polar surface area (TPSA) is 38.0 Å². The molecule has 0 aromatic heterocycles. The van der Waals surface area contributed by atoms with Gasteiger partial charge >= 0.3 is 6.18 Å². The van der Waals surface area contributed by atoms with Gasteiger partial charge in [0.2, 0.25) is 0 Å². The normalized spacial score (nSPS) is 13.6. The summed E-state index contributed by atoms with van der Waals surface area (Å²) in [5, 5.41) is 3.15. The Labute approximate surface area is 105 Å². The number of halogens is 3. The summed E-state index contributed by atoms with van der Waals surface area (Å²) in [5.41, 5.74) is 5.17. The molecular formula is C13H19F3N2. The van der Waals surface area contributed by atoms with E-state index < -0.39 is 11.7 Å². The maximum atomic E-state index is 12.8. The minimum atomic E-state index is -4.29. The van der Waals surface area contributed by atoms with Crippen molar-refractivity contribution in [2.24, 2.45) is 5.73 Å². The van der Waals surface area contributed by atoms with Crippen LogP contribution in [0.5, 0.6) is 0 Å². The van der Waals surface area contributed by atoms with Crippen molar-refractivity contribution in [3.05, 3.63) is 35.4 Å². The smallest absolute Gasteiger partial charge is 0.329 e. The highest BCUT2D eigenvalue weighted by molar-refractivity contribution is 5.30. The molecule has 1 aromatic carbocycles. The summed E-state index contributed by atoms with van der Waals surface area (Å²) in [6.45, 7) is 3.05. The fourth-order valence-corrected chi connectivity index (χ4v) is 1.89. The summed E-state index contributed by atoms with van der Waals surface area (Å²) < 4.78 is 38.4. The van der Waals surface area contributed by atoms with E-state index in [2.05, 4.69) is 5.32 Å². The first kappa shape index (κ1) is 15.0. The molecule has 18 heavy (non-hydrogen) atoms. The second kappa shape index (κ2) is 6.75. The van der Waals surface area contributed by atoms with Crippen molar-refractivity contribution in [2.75, 3.05) is 13.1 Å². The number of nitrogens with one attached hydrogen (secondary N) is 1. The van der Waals surface area contributed by atoms with Gasteiger partial charge in [0.05, 0.1) is 5.56 Å². The van der Waals surface area contributed by atoms with Crippen LogP contribution in [-0.2, 0) is 12.6 Å². The van der Waals surface area contributed by atoms with Crippen LogP contribution in [0.3, 0.4) is 0 Å². The Morgan fingerprint density at radius 2 is 1.94 bits per heavy atom. The monoisotopic (exact) mass is 260 g/mol. The number of hydrogen-bond donors (Lipinski definition) is 2. The average molecular weight is 260 g/mol. The zero-order valence-electron chi connectivity index (χ0n) is 10.4. The van der Waals surface area contributed by atoms with Crippen molar-refractivity contribution in [2.45, 2.75) is 32.0 Å². The average Bonchev–Trinajstić information content (AvgIpc) is 2.33. The van der Waals surface area contributed by atoms with Crippen LogP contribution in [0.4, 0.5) is 13.2 Å². The van der Waals surface area contributed by atoms with Crippen LogP contribution < -0.4 is 11.1 Å². The number of alkyl halides is 3. The second-order valence-corrected chi connectivity index (χ2v) is 4.21. The van der Waals surface area contributed by atoms with Crippen molar-refractivity contribution >= 4 is 0 Å². The van der Waals surface area contributed by atoms with E-state index in [0.717, 1.165) is 12.5 Å². The van der Waals surface area contributed by atoms with Gasteiger partial charge in [0, 0.05) is 19.1 Å². The van der Waals surface area contributed by atoms with Crippen LogP contribution in [0.1, 0.15) is 24.5 Å². The molecule has 0 fully saturated rings. The van der Waals surface area contributed by atoms with Crippen LogP contribution in [0.15, 0.2) is 24.3 Å². The quantitative estimate of drug-likeness (QED) is 0.825. The molecule has 5 heteroatoms. The lowest BCUT2D eigenvalue weighted by atomic mass is 9.98. The molecule has 1 aromatic rings. The SMILES string of the molecule is CCC(Cc1ccccc1C(F)(F)F)NCCN. The fourth-order valence-electron chi connectivity index (χ4n) is 1.89. The number of benzene rings is 1. The minimum Gasteiger partial charge on any atom is -0.329 e. The Kier molecular flexibility index (Phi) is 5.62. The van der Waals surface area contributed by atoms with Gasteiger partial charge in [-0.15, -0.1) is 0 Å². The van der Waals surface area contributed by atoms with Crippen LogP contribution in [0.2, 0.25) is 0 Å². The van der Waals surface area contributed by atoms with Gasteiger partial charge in [-0.05, 0) is 24.5 Å². The molecule has 0 saturated heterocycles. The lowest BCUT2D eigenvalue weighted by Gasteiger charge is -2.19. The molecule has 1 rings (SSSR count). The van der Waals surface area contributed by atoms with Gasteiger partial charge in [0.1, 0.15) is 0 Å². The lowest BCUT2D eigenvalue weighted by molar-refractivity contribution is -0.138. The van der Waals surface area contributed by atoms with E-state index in [0.29, 0.717) is 25.1 Å². The molecule has 0 spiro atoms. The van der Waals surface area contributed by atoms with Gasteiger partial charge in [0.15, 0.2) is 0 Å². The highest BCUT2D eigenvalue weighted by Gasteiger charge is 2.33. The van der Waals surface area contributed by atoms with E-state index >= 15 is 0 Å². The Balaban J connectivity index is 2.82. The zero-order valence-corrected chi connectivity index (χ0v) is 10.4. The predicted octanol–water partition coefficient (Wildman–Crippen LogP) is 2.57. The third-order valence-corrected chi connectivity index (χ3v) is 2.86. The van der Waals surface area contributed by atoms with Crippen molar-refractivity contribution in [1.82, 2.24) is 5.32 Å². The van der Waals surface area contributed by atoms with Gasteiger partial charge in [-0.25, -0.2) is 0 Å². The van der Waals surface area contributed by atoms with Gasteiger partial charge in [-0.1, -0.05) is 25.1 Å². The van der Waals surface area contributed by atoms with E-state index in [4.69, 9.17) is 5.73 Å². The van der Waals surface area contributed by atoms with Crippen molar-refractivity contribution < 1.29 is 13.2 Å². The zero-order chi connectivity index (χ0) is 13.6. The third-order valence-electron chi connectivity index (χ3n) is 2.86. The van der Waals surface area contributed by atoms with Crippen molar-refractivity contribution in [1.29, 1.82) is 0 Å². The van der Waals surface area contributed by atoms with Gasteiger partial charge in [-0.3, -0.25) is 0 Å². The maximum absolute atomic E-state index is 12.8. The molecule has 2 nitrogen and oxygen atoms in total. The Bertz CT molecular complexity index is 363. The Hall–Kier alpha value is -1.07. The van der Waals surface area contributed by atoms with Crippen LogP contribution in [0.25, 0.3) is 0 Å². The lowest BCUT2D eigenvalue weighted by Crippen LogP contribution is -2.35. The molecule has 1 atom stereocenters. The van der Waals surface area contributed by atoms with Crippen LogP contribution >= 0.6 is 0 Å². The van der Waals surface area contributed by atoms with Crippen molar-refractivity contribution in [3.8, 4) is 0 Å². The standard InChI is InChI=1S/C13H19F3N2/c1-2-11(18-8-7-17)9-10-5-3-4-6-12(10)13(14,15)16/h3-6,11,18H,2,7-9,17H2,1H3. The van der Waals surface area contributed by atoms with Crippen molar-refractivity contribution in [3.63, 3.8) is 0 Å². The highest BCUT2D eigenvalue weighted by Crippen LogP contribution is 2.32. The molecule has 0 aliphatic rings. The Morgan fingerprint density at radius 1 is 1.28 bits per heavy atom. The third kappa shape index (κ3) is 4.31. The first-order chi connectivity index (χ1) is 8.49. The maximum Gasteiger partial charge on any atom is 0.416 e. The second-order valence-electron chi connectivity index (χ2n) is 4.21. The number of hydrogen-bond acceptors (Lipinski definition) is 2. The first-order valence-electron chi connectivity index (χ1n) is 6.07. The van der Waals surface area contributed by atoms with Crippen LogP contribution in [0, 0.1) is 0 Å². The molecular weight excluding hydrogens is 241 g/mol. The molecule has 102 valence electrons. The van der Waals surface area contributed by atoms with Gasteiger partial charge in [-0.2, -0.15) is 13.2 Å². The van der Waals surface area contributed by atoms with E-state index in [-0.39, 0.29) is 6.04 Å². The largest absolute Gasteiger partial charge is 0.416 e. The molecule has 0 aliphatic carbocycles. The summed E-state index contributed by atoms with van der Waals surface area (Å²) in [7, 11) is 0. The molecule has 0 radical (unpaired) electrons. The molecule has 0 aliphatic heterocycles. The Morgan fingerprint density at radius 3 is 2.50 bits per heavy atom. The first-order valence-corrected chi connectivity index (χ1v) is 6.07. The summed E-state index contributed by atoms with van der Waals surface area (Å²) in [6, 6.07) is 5.75. The van der Waals surface area contributed by atoms with E-state index in [1.54, 1.807) is 6.07 Å². The van der Waals surface area contributed by atoms with Gasteiger partial charge < -0.3 is 11.1 Å². The van der Waals surface area contributed by atoms with E-state index in [1.165, 1.54) is 12.1 Å². The molecule has 0 bridgehead atoms. The molecule has 0 saturated carbocycles.